The molecule has 0 amide bonds. The van der Waals surface area contributed by atoms with Crippen molar-refractivity contribution in [1.82, 2.24) is 9.97 Å². The van der Waals surface area contributed by atoms with Crippen LogP contribution < -0.4 is 0 Å². The molecule has 8 heteroatoms. The Morgan fingerprint density at radius 2 is 1.81 bits per heavy atom. The number of halogens is 5. The molecule has 0 aliphatic heterocycles. The second-order valence-corrected chi connectivity index (χ2v) is 5.50. The van der Waals surface area contributed by atoms with Gasteiger partial charge in [-0.2, -0.15) is 13.2 Å². The molecule has 0 radical (unpaired) electrons. The number of rotatable bonds is 4. The Kier molecular flexibility index (Phi) is 5.39. The molecule has 0 bridgehead atoms. The third kappa shape index (κ3) is 4.79. The van der Waals surface area contributed by atoms with Gasteiger partial charge in [0, 0.05) is 5.56 Å². The van der Waals surface area contributed by atoms with Crippen LogP contribution >= 0.6 is 34.2 Å². The molecule has 0 fully saturated rings. The average molecular weight is 429 g/mol. The molecule has 112 valence electrons. The molecular weight excluding hydrogens is 420 g/mol. The van der Waals surface area contributed by atoms with Gasteiger partial charge in [-0.3, -0.25) is 0 Å². The van der Waals surface area contributed by atoms with E-state index in [0.717, 1.165) is 5.56 Å². The maximum absolute atomic E-state index is 12.1. The first kappa shape index (κ1) is 16.4. The monoisotopic (exact) mass is 428 g/mol. The zero-order valence-electron chi connectivity index (χ0n) is 10.5. The minimum atomic E-state index is -4.38. The predicted octanol–water partition coefficient (Wildman–Crippen LogP) is 4.48. The Hall–Kier alpha value is -0.930. The summed E-state index contributed by atoms with van der Waals surface area (Å²) in [7, 11) is 0. The molecule has 3 nitrogen and oxygen atoms in total. The van der Waals surface area contributed by atoms with E-state index in [1.807, 2.05) is 52.9 Å². The lowest BCUT2D eigenvalue weighted by molar-refractivity contribution is -0.177. The number of nitrogens with zero attached hydrogens (tertiary/aromatic N) is 2. The molecule has 1 heterocycles. The van der Waals surface area contributed by atoms with Crippen molar-refractivity contribution in [1.29, 1.82) is 0 Å². The summed E-state index contributed by atoms with van der Waals surface area (Å²) in [6.45, 7) is -1.70. The maximum atomic E-state index is 12.1. The van der Waals surface area contributed by atoms with Crippen LogP contribution in [-0.4, -0.2) is 22.8 Å². The van der Waals surface area contributed by atoms with E-state index in [4.69, 9.17) is 11.6 Å². The molecule has 1 aromatic carbocycles. The van der Waals surface area contributed by atoms with Gasteiger partial charge in [0.25, 0.3) is 0 Å². The summed E-state index contributed by atoms with van der Waals surface area (Å²) in [6, 6.07) is 9.19. The molecule has 1 aromatic heterocycles. The fourth-order valence-electron chi connectivity index (χ4n) is 1.57. The number of alkyl halides is 3. The molecule has 21 heavy (non-hydrogen) atoms. The number of hydrogen-bond acceptors (Lipinski definition) is 3. The van der Waals surface area contributed by atoms with Crippen LogP contribution in [0.1, 0.15) is 5.82 Å². The van der Waals surface area contributed by atoms with E-state index in [2.05, 4.69) is 14.7 Å². The van der Waals surface area contributed by atoms with Gasteiger partial charge >= 0.3 is 6.18 Å². The van der Waals surface area contributed by atoms with Crippen LogP contribution in [-0.2, 0) is 11.3 Å². The van der Waals surface area contributed by atoms with Crippen molar-refractivity contribution in [2.75, 3.05) is 6.61 Å². The molecule has 2 aromatic rings. The van der Waals surface area contributed by atoms with Gasteiger partial charge in [-0.15, -0.1) is 0 Å². The van der Waals surface area contributed by atoms with Crippen molar-refractivity contribution >= 4 is 34.2 Å². The van der Waals surface area contributed by atoms with Crippen molar-refractivity contribution in [3.05, 3.63) is 44.9 Å². The molecule has 0 N–H and O–H groups in total. The van der Waals surface area contributed by atoms with Gasteiger partial charge in [0.1, 0.15) is 18.4 Å². The van der Waals surface area contributed by atoms with Crippen molar-refractivity contribution < 1.29 is 17.9 Å². The second-order valence-electron chi connectivity index (χ2n) is 4.07. The number of benzene rings is 1. The Morgan fingerprint density at radius 3 is 2.43 bits per heavy atom. The third-order valence-corrected chi connectivity index (χ3v) is 4.02. The van der Waals surface area contributed by atoms with Crippen LogP contribution in [0.4, 0.5) is 13.2 Å². The first-order chi connectivity index (χ1) is 9.87. The molecule has 2 rings (SSSR count). The van der Waals surface area contributed by atoms with Gasteiger partial charge in [-0.05, 0) is 22.6 Å². The second kappa shape index (κ2) is 6.89. The Morgan fingerprint density at radius 1 is 1.14 bits per heavy atom. The van der Waals surface area contributed by atoms with E-state index in [1.54, 1.807) is 0 Å². The zero-order valence-corrected chi connectivity index (χ0v) is 13.4. The van der Waals surface area contributed by atoms with E-state index in [1.165, 1.54) is 0 Å². The summed E-state index contributed by atoms with van der Waals surface area (Å²) in [4.78, 5) is 8.16. The first-order valence-corrected chi connectivity index (χ1v) is 7.24. The zero-order chi connectivity index (χ0) is 15.5. The summed E-state index contributed by atoms with van der Waals surface area (Å²) in [6.07, 6.45) is -4.38. The molecule has 0 saturated heterocycles. The Labute approximate surface area is 137 Å². The number of aromatic nitrogens is 2. The lowest BCUT2D eigenvalue weighted by atomic mass is 10.1. The quantitative estimate of drug-likeness (QED) is 0.532. The summed E-state index contributed by atoms with van der Waals surface area (Å²) < 4.78 is 41.4. The van der Waals surface area contributed by atoms with Crippen molar-refractivity contribution in [3.8, 4) is 11.3 Å². The molecule has 0 spiro atoms. The Bertz CT molecular complexity index is 623. The highest BCUT2D eigenvalue weighted by Crippen LogP contribution is 2.28. The molecule has 0 saturated carbocycles. The molecule has 0 unspecified atom stereocenters. The van der Waals surface area contributed by atoms with Crippen LogP contribution in [0.5, 0.6) is 0 Å². The summed E-state index contributed by atoms with van der Waals surface area (Å²) in [5.74, 6) is 0.114. The van der Waals surface area contributed by atoms with E-state index in [9.17, 15) is 13.2 Å². The molecular formula is C13H9ClF3IN2O. The molecule has 0 aliphatic rings. The van der Waals surface area contributed by atoms with Crippen LogP contribution in [0.25, 0.3) is 11.3 Å². The summed E-state index contributed by atoms with van der Waals surface area (Å²) >= 11 is 8.00. The SMILES string of the molecule is FC(F)(F)COCc1nc(Cl)c(I)c(-c2ccccc2)n1. The highest BCUT2D eigenvalue weighted by atomic mass is 127. The predicted molar refractivity (Wildman–Crippen MR) is 80.9 cm³/mol. The summed E-state index contributed by atoms with van der Waals surface area (Å²) in [5, 5.41) is 0.190. The summed E-state index contributed by atoms with van der Waals surface area (Å²) in [5.41, 5.74) is 1.38. The lowest BCUT2D eigenvalue weighted by Gasteiger charge is -2.10. The highest BCUT2D eigenvalue weighted by molar-refractivity contribution is 14.1. The molecule has 0 aliphatic carbocycles. The van der Waals surface area contributed by atoms with Crippen LogP contribution in [0.2, 0.25) is 5.15 Å². The van der Waals surface area contributed by atoms with Gasteiger partial charge < -0.3 is 4.74 Å². The lowest BCUT2D eigenvalue weighted by Crippen LogP contribution is -2.17. The number of ether oxygens (including phenoxy) is 1. The molecule has 0 atom stereocenters. The topological polar surface area (TPSA) is 35.0 Å². The van der Waals surface area contributed by atoms with Gasteiger partial charge in [0.15, 0.2) is 5.82 Å². The van der Waals surface area contributed by atoms with Crippen molar-refractivity contribution in [2.24, 2.45) is 0 Å². The van der Waals surface area contributed by atoms with Gasteiger partial charge in [-0.1, -0.05) is 41.9 Å². The third-order valence-electron chi connectivity index (χ3n) is 2.40. The Balaban J connectivity index is 2.23. The van der Waals surface area contributed by atoms with Crippen LogP contribution in [0.15, 0.2) is 30.3 Å². The fourth-order valence-corrected chi connectivity index (χ4v) is 2.31. The fraction of sp³-hybridized carbons (Fsp3) is 0.231. The minimum absolute atomic E-state index is 0.114. The highest BCUT2D eigenvalue weighted by Gasteiger charge is 2.27. The van der Waals surface area contributed by atoms with Gasteiger partial charge in [-0.25, -0.2) is 9.97 Å². The van der Waals surface area contributed by atoms with E-state index in [-0.39, 0.29) is 17.6 Å². The van der Waals surface area contributed by atoms with Gasteiger partial charge in [0.05, 0.1) is 9.26 Å². The standard InChI is InChI=1S/C13H9ClF3IN2O/c14-12-10(18)11(8-4-2-1-3-5-8)19-9(20-12)6-21-7-13(15,16)17/h1-5H,6-7H2. The van der Waals surface area contributed by atoms with Crippen LogP contribution in [0.3, 0.4) is 0 Å². The van der Waals surface area contributed by atoms with Gasteiger partial charge in [0.2, 0.25) is 0 Å². The first-order valence-electron chi connectivity index (χ1n) is 5.78. The van der Waals surface area contributed by atoms with E-state index >= 15 is 0 Å². The van der Waals surface area contributed by atoms with Crippen LogP contribution in [0, 0.1) is 3.57 Å². The minimum Gasteiger partial charge on any atom is -0.364 e. The smallest absolute Gasteiger partial charge is 0.364 e. The maximum Gasteiger partial charge on any atom is 0.411 e. The van der Waals surface area contributed by atoms with E-state index in [0.29, 0.717) is 9.26 Å². The largest absolute Gasteiger partial charge is 0.411 e. The van der Waals surface area contributed by atoms with Crippen molar-refractivity contribution in [3.63, 3.8) is 0 Å². The van der Waals surface area contributed by atoms with E-state index < -0.39 is 12.8 Å². The number of hydrogen-bond donors (Lipinski definition) is 0. The van der Waals surface area contributed by atoms with Crippen molar-refractivity contribution in [2.45, 2.75) is 12.8 Å². The normalized spacial score (nSPS) is 11.7. The average Bonchev–Trinajstić information content (AvgIpc) is 2.42.